The van der Waals surface area contributed by atoms with Gasteiger partial charge in [-0.3, -0.25) is 4.90 Å². The van der Waals surface area contributed by atoms with Crippen LogP contribution in [0.5, 0.6) is 11.5 Å². The average Bonchev–Trinajstić information content (AvgIpc) is 3.34. The van der Waals surface area contributed by atoms with Crippen LogP contribution in [0.2, 0.25) is 0 Å². The third-order valence-electron chi connectivity index (χ3n) is 5.77. The summed E-state index contributed by atoms with van der Waals surface area (Å²) in [5.41, 5.74) is 3.78. The van der Waals surface area contributed by atoms with Crippen molar-refractivity contribution >= 4 is 17.1 Å². The van der Waals surface area contributed by atoms with Crippen LogP contribution in [0.3, 0.4) is 0 Å². The van der Waals surface area contributed by atoms with Gasteiger partial charge in [-0.15, -0.1) is 11.3 Å². The second-order valence-corrected chi connectivity index (χ2v) is 8.51. The van der Waals surface area contributed by atoms with Gasteiger partial charge in [0.25, 0.3) is 0 Å². The van der Waals surface area contributed by atoms with Gasteiger partial charge in [0.15, 0.2) is 0 Å². The number of fused-ring (bicyclic) bond motifs is 1. The number of hydrogen-bond donors (Lipinski definition) is 0. The normalized spacial score (nSPS) is 19.3. The van der Waals surface area contributed by atoms with Crippen LogP contribution in [0.15, 0.2) is 71.6 Å². The molecule has 1 fully saturated rings. The standard InChI is InChI=1S/C25H25NO3S/c1-27-19-10-8-18(9-11-19)24-20-5-2-3-6-22(20)29-25(23-7-4-16-30-23)21(24)17-26-12-14-28-15-13-26/h2-11,16,24H,12-15,17H2,1H3/t24-/m0/s1. The van der Waals surface area contributed by atoms with Gasteiger partial charge in [0.1, 0.15) is 17.3 Å². The van der Waals surface area contributed by atoms with Crippen molar-refractivity contribution in [1.82, 2.24) is 4.90 Å². The molecule has 0 spiro atoms. The number of nitrogens with zero attached hydrogens (tertiary/aromatic N) is 1. The van der Waals surface area contributed by atoms with Gasteiger partial charge >= 0.3 is 0 Å². The van der Waals surface area contributed by atoms with E-state index >= 15 is 0 Å². The van der Waals surface area contributed by atoms with Crippen LogP contribution >= 0.6 is 11.3 Å². The highest BCUT2D eigenvalue weighted by molar-refractivity contribution is 7.11. The molecule has 0 unspecified atom stereocenters. The Kier molecular flexibility index (Phi) is 5.58. The molecule has 5 heteroatoms. The van der Waals surface area contributed by atoms with E-state index in [-0.39, 0.29) is 5.92 Å². The molecule has 0 bridgehead atoms. The summed E-state index contributed by atoms with van der Waals surface area (Å²) in [6, 6.07) is 21.1. The lowest BCUT2D eigenvalue weighted by Crippen LogP contribution is -2.39. The molecule has 0 aliphatic carbocycles. The first-order valence-corrected chi connectivity index (χ1v) is 11.2. The molecule has 2 aromatic carbocycles. The van der Waals surface area contributed by atoms with Crippen LogP contribution < -0.4 is 9.47 Å². The minimum absolute atomic E-state index is 0.140. The van der Waals surface area contributed by atoms with Crippen LogP contribution in [0.4, 0.5) is 0 Å². The van der Waals surface area contributed by atoms with Crippen molar-refractivity contribution in [2.24, 2.45) is 0 Å². The summed E-state index contributed by atoms with van der Waals surface area (Å²) in [7, 11) is 1.71. The molecule has 0 amide bonds. The average molecular weight is 420 g/mol. The lowest BCUT2D eigenvalue weighted by Gasteiger charge is -2.35. The molecule has 0 N–H and O–H groups in total. The fourth-order valence-corrected chi connectivity index (χ4v) is 5.00. The molecule has 0 radical (unpaired) electrons. The molecule has 4 nitrogen and oxygen atoms in total. The van der Waals surface area contributed by atoms with E-state index in [0.717, 1.165) is 50.1 Å². The molecule has 1 saturated heterocycles. The van der Waals surface area contributed by atoms with Crippen molar-refractivity contribution in [3.8, 4) is 11.5 Å². The van der Waals surface area contributed by atoms with Crippen LogP contribution in [0.25, 0.3) is 5.76 Å². The van der Waals surface area contributed by atoms with Crippen molar-refractivity contribution in [3.63, 3.8) is 0 Å². The predicted molar refractivity (Wildman–Crippen MR) is 120 cm³/mol. The maximum Gasteiger partial charge on any atom is 0.146 e. The monoisotopic (exact) mass is 419 g/mol. The minimum Gasteiger partial charge on any atom is -0.497 e. The summed E-state index contributed by atoms with van der Waals surface area (Å²) in [6.45, 7) is 4.32. The Labute approximate surface area is 181 Å². The first kappa shape index (κ1) is 19.4. The molecular weight excluding hydrogens is 394 g/mol. The van der Waals surface area contributed by atoms with Gasteiger partial charge in [0.2, 0.25) is 0 Å². The van der Waals surface area contributed by atoms with Crippen molar-refractivity contribution in [3.05, 3.63) is 87.6 Å². The van der Waals surface area contributed by atoms with E-state index in [1.165, 1.54) is 21.6 Å². The lowest BCUT2D eigenvalue weighted by molar-refractivity contribution is 0.0417. The topological polar surface area (TPSA) is 30.9 Å². The molecule has 5 rings (SSSR count). The fraction of sp³-hybridized carbons (Fsp3) is 0.280. The highest BCUT2D eigenvalue weighted by Crippen LogP contribution is 2.46. The van der Waals surface area contributed by atoms with Gasteiger partial charge in [-0.2, -0.15) is 0 Å². The first-order valence-electron chi connectivity index (χ1n) is 10.3. The first-order chi connectivity index (χ1) is 14.8. The number of hydrogen-bond acceptors (Lipinski definition) is 5. The third-order valence-corrected chi connectivity index (χ3v) is 6.64. The van der Waals surface area contributed by atoms with E-state index in [4.69, 9.17) is 14.2 Å². The number of ether oxygens (including phenoxy) is 3. The van der Waals surface area contributed by atoms with Gasteiger partial charge in [-0.25, -0.2) is 0 Å². The quantitative estimate of drug-likeness (QED) is 0.581. The number of thiophene rings is 1. The fourth-order valence-electron chi connectivity index (χ4n) is 4.26. The predicted octanol–water partition coefficient (Wildman–Crippen LogP) is 5.02. The zero-order valence-electron chi connectivity index (χ0n) is 17.0. The number of rotatable bonds is 5. The number of methoxy groups -OCH3 is 1. The Hall–Kier alpha value is -2.60. The van der Waals surface area contributed by atoms with E-state index in [1.807, 2.05) is 18.2 Å². The van der Waals surface area contributed by atoms with E-state index in [1.54, 1.807) is 18.4 Å². The molecule has 2 aliphatic heterocycles. The molecule has 0 saturated carbocycles. The summed E-state index contributed by atoms with van der Waals surface area (Å²) in [5, 5.41) is 2.11. The van der Waals surface area contributed by atoms with E-state index in [0.29, 0.717) is 0 Å². The van der Waals surface area contributed by atoms with Crippen LogP contribution in [-0.2, 0) is 4.74 Å². The largest absolute Gasteiger partial charge is 0.497 e. The van der Waals surface area contributed by atoms with Crippen molar-refractivity contribution in [2.75, 3.05) is 40.0 Å². The van der Waals surface area contributed by atoms with Gasteiger partial charge in [0, 0.05) is 36.7 Å². The maximum atomic E-state index is 6.53. The van der Waals surface area contributed by atoms with E-state index < -0.39 is 0 Å². The Morgan fingerprint density at radius 3 is 2.53 bits per heavy atom. The minimum atomic E-state index is 0.140. The number of para-hydroxylation sites is 1. The highest BCUT2D eigenvalue weighted by atomic mass is 32.1. The van der Waals surface area contributed by atoms with Crippen LogP contribution in [0, 0.1) is 0 Å². The molecule has 2 aliphatic rings. The number of benzene rings is 2. The summed E-state index contributed by atoms with van der Waals surface area (Å²) in [5.74, 6) is 2.94. The number of morpholine rings is 1. The molecule has 1 atom stereocenters. The SMILES string of the molecule is COc1ccc([C@@H]2C(CN3CCOCC3)=C(c3cccs3)Oc3ccccc32)cc1. The summed E-state index contributed by atoms with van der Waals surface area (Å²) in [6.07, 6.45) is 0. The summed E-state index contributed by atoms with van der Waals surface area (Å²) in [4.78, 5) is 3.64. The summed E-state index contributed by atoms with van der Waals surface area (Å²) >= 11 is 1.73. The van der Waals surface area contributed by atoms with Gasteiger partial charge in [-0.1, -0.05) is 36.4 Å². The third kappa shape index (κ3) is 3.76. The zero-order chi connectivity index (χ0) is 20.3. The molecule has 30 heavy (non-hydrogen) atoms. The second-order valence-electron chi connectivity index (χ2n) is 7.57. The van der Waals surface area contributed by atoms with Gasteiger partial charge < -0.3 is 14.2 Å². The Balaban J connectivity index is 1.65. The van der Waals surface area contributed by atoms with E-state index in [9.17, 15) is 0 Å². The molecule has 3 heterocycles. The van der Waals surface area contributed by atoms with Crippen LogP contribution in [-0.4, -0.2) is 44.9 Å². The van der Waals surface area contributed by atoms with Crippen LogP contribution in [0.1, 0.15) is 21.9 Å². The highest BCUT2D eigenvalue weighted by Gasteiger charge is 2.33. The Morgan fingerprint density at radius 1 is 1.00 bits per heavy atom. The van der Waals surface area contributed by atoms with Crippen molar-refractivity contribution in [2.45, 2.75) is 5.92 Å². The van der Waals surface area contributed by atoms with Crippen molar-refractivity contribution < 1.29 is 14.2 Å². The maximum absolute atomic E-state index is 6.53. The molecule has 1 aromatic heterocycles. The smallest absolute Gasteiger partial charge is 0.146 e. The Morgan fingerprint density at radius 2 is 1.80 bits per heavy atom. The molecular formula is C25H25NO3S. The van der Waals surface area contributed by atoms with E-state index in [2.05, 4.69) is 52.7 Å². The lowest BCUT2D eigenvalue weighted by atomic mass is 9.81. The van der Waals surface area contributed by atoms with Gasteiger partial charge in [0.05, 0.1) is 25.2 Å². The van der Waals surface area contributed by atoms with Gasteiger partial charge in [-0.05, 0) is 35.2 Å². The second kappa shape index (κ2) is 8.64. The summed E-state index contributed by atoms with van der Waals surface area (Å²) < 4.78 is 17.5. The molecule has 3 aromatic rings. The van der Waals surface area contributed by atoms with Crippen molar-refractivity contribution in [1.29, 1.82) is 0 Å². The molecule has 154 valence electrons. The Bertz CT molecular complexity index is 1020. The zero-order valence-corrected chi connectivity index (χ0v) is 17.9.